The third kappa shape index (κ3) is 63.4. The van der Waals surface area contributed by atoms with Crippen molar-refractivity contribution in [2.75, 3.05) is 13.2 Å². The number of carbonyl (C=O) groups excluding carboxylic acids is 2. The van der Waals surface area contributed by atoms with Crippen molar-refractivity contribution >= 4 is 11.9 Å². The summed E-state index contributed by atoms with van der Waals surface area (Å²) in [7, 11) is 0. The number of hydrogen-bond acceptors (Lipinski definition) is 5. The summed E-state index contributed by atoms with van der Waals surface area (Å²) in [5.74, 6) is -0.0211. The fraction of sp³-hybridized carbons (Fsp3) is 0.915. The molecule has 0 spiro atoms. The average molecular weight is 1080 g/mol. The van der Waals surface area contributed by atoms with Crippen LogP contribution >= 0.6 is 0 Å². The van der Waals surface area contributed by atoms with Crippen LogP contribution in [0.15, 0.2) is 24.3 Å². The Morgan fingerprint density at radius 3 is 1.01 bits per heavy atom. The molecule has 0 rings (SSSR count). The molecule has 0 aliphatic carbocycles. The van der Waals surface area contributed by atoms with Gasteiger partial charge >= 0.3 is 5.97 Å². The fourth-order valence-electron chi connectivity index (χ4n) is 11.1. The zero-order valence-electron chi connectivity index (χ0n) is 52.2. The molecule has 0 heterocycles. The maximum Gasteiger partial charge on any atom is 0.305 e. The lowest BCUT2D eigenvalue weighted by Gasteiger charge is -2.22. The van der Waals surface area contributed by atoms with E-state index in [2.05, 4.69) is 43.5 Å². The summed E-state index contributed by atoms with van der Waals surface area (Å²) >= 11 is 0. The summed E-state index contributed by atoms with van der Waals surface area (Å²) in [6.45, 7) is 4.95. The standard InChI is InChI=1S/C71H137NO5/c1-3-5-7-9-11-13-15-17-36-41-45-49-53-57-61-65-71(76)77-66-62-58-54-50-46-42-38-35-33-31-29-27-25-23-21-19-20-22-24-26-28-30-32-34-37-40-44-48-52-56-60-64-70(75)72-68(67-73)69(74)63-59-55-51-47-43-39-18-16-14-12-10-8-6-4-2/h11,13,17,36,68-69,73-74H,3-10,12,14-16,18-35,37-67H2,1-2H3,(H,72,75)/b13-11-,36-17-/t68-,69+/m0/s1. The second-order valence-electron chi connectivity index (χ2n) is 24.2. The van der Waals surface area contributed by atoms with E-state index < -0.39 is 12.1 Å². The Morgan fingerprint density at radius 1 is 0.364 bits per heavy atom. The summed E-state index contributed by atoms with van der Waals surface area (Å²) < 4.78 is 5.49. The number of ether oxygens (including phenoxy) is 1. The average Bonchev–Trinajstić information content (AvgIpc) is 3.43. The van der Waals surface area contributed by atoms with Gasteiger partial charge in [0.25, 0.3) is 0 Å². The molecule has 1 amide bonds. The largest absolute Gasteiger partial charge is 0.466 e. The normalized spacial score (nSPS) is 12.6. The third-order valence-electron chi connectivity index (χ3n) is 16.5. The number of aliphatic hydroxyl groups excluding tert-OH is 2. The van der Waals surface area contributed by atoms with E-state index in [1.807, 2.05) is 0 Å². The van der Waals surface area contributed by atoms with Gasteiger partial charge in [-0.05, 0) is 57.8 Å². The lowest BCUT2D eigenvalue weighted by Crippen LogP contribution is -2.45. The first-order valence-corrected chi connectivity index (χ1v) is 35.1. The maximum absolute atomic E-state index is 12.5. The highest BCUT2D eigenvalue weighted by molar-refractivity contribution is 5.76. The number of hydrogen-bond donors (Lipinski definition) is 3. The minimum atomic E-state index is -0.660. The number of nitrogens with one attached hydrogen (secondary N) is 1. The summed E-state index contributed by atoms with van der Waals surface area (Å²) in [4.78, 5) is 24.6. The van der Waals surface area contributed by atoms with Crippen molar-refractivity contribution in [1.82, 2.24) is 5.32 Å². The van der Waals surface area contributed by atoms with Crippen molar-refractivity contribution in [3.05, 3.63) is 24.3 Å². The third-order valence-corrected chi connectivity index (χ3v) is 16.5. The van der Waals surface area contributed by atoms with E-state index in [1.54, 1.807) is 0 Å². The molecular weight excluding hydrogens is 947 g/mol. The molecule has 0 bridgehead atoms. The van der Waals surface area contributed by atoms with Gasteiger partial charge in [0.15, 0.2) is 0 Å². The first kappa shape index (κ1) is 75.3. The molecule has 0 aliphatic rings. The number of unbranched alkanes of at least 4 members (excludes halogenated alkanes) is 51. The van der Waals surface area contributed by atoms with E-state index in [0.29, 0.717) is 25.9 Å². The minimum Gasteiger partial charge on any atom is -0.466 e. The van der Waals surface area contributed by atoms with Crippen LogP contribution in [-0.2, 0) is 14.3 Å². The topological polar surface area (TPSA) is 95.9 Å². The van der Waals surface area contributed by atoms with E-state index in [0.717, 1.165) is 51.4 Å². The van der Waals surface area contributed by atoms with E-state index in [-0.39, 0.29) is 18.5 Å². The minimum absolute atomic E-state index is 0.00715. The Hall–Kier alpha value is -1.66. The van der Waals surface area contributed by atoms with E-state index in [4.69, 9.17) is 4.74 Å². The van der Waals surface area contributed by atoms with Crippen molar-refractivity contribution in [2.45, 2.75) is 405 Å². The number of allylic oxidation sites excluding steroid dienone is 4. The molecule has 0 radical (unpaired) electrons. The fourth-order valence-corrected chi connectivity index (χ4v) is 11.1. The molecule has 0 saturated heterocycles. The number of amides is 1. The van der Waals surface area contributed by atoms with Crippen LogP contribution in [0.1, 0.15) is 393 Å². The molecule has 0 aromatic carbocycles. The monoisotopic (exact) mass is 1080 g/mol. The van der Waals surface area contributed by atoms with Gasteiger partial charge in [-0.1, -0.05) is 346 Å². The van der Waals surface area contributed by atoms with Gasteiger partial charge in [-0.2, -0.15) is 0 Å². The molecule has 0 aliphatic heterocycles. The molecule has 0 saturated carbocycles. The summed E-state index contributed by atoms with van der Waals surface area (Å²) in [6, 6.07) is -0.537. The van der Waals surface area contributed by atoms with Crippen LogP contribution in [0.25, 0.3) is 0 Å². The van der Waals surface area contributed by atoms with Crippen molar-refractivity contribution < 1.29 is 24.5 Å². The lowest BCUT2D eigenvalue weighted by atomic mass is 10.0. The highest BCUT2D eigenvalue weighted by Gasteiger charge is 2.20. The van der Waals surface area contributed by atoms with Crippen LogP contribution < -0.4 is 5.32 Å². The van der Waals surface area contributed by atoms with E-state index in [9.17, 15) is 19.8 Å². The Morgan fingerprint density at radius 2 is 0.649 bits per heavy atom. The first-order valence-electron chi connectivity index (χ1n) is 35.1. The van der Waals surface area contributed by atoms with Gasteiger partial charge in [-0.3, -0.25) is 9.59 Å². The summed E-state index contributed by atoms with van der Waals surface area (Å²) in [5, 5.41) is 23.3. The van der Waals surface area contributed by atoms with Crippen molar-refractivity contribution in [3.63, 3.8) is 0 Å². The van der Waals surface area contributed by atoms with Gasteiger partial charge in [0.05, 0.1) is 25.4 Å². The Kier molecular flexibility index (Phi) is 65.4. The molecular formula is C71H137NO5. The maximum atomic E-state index is 12.5. The van der Waals surface area contributed by atoms with Crippen LogP contribution in [0, 0.1) is 0 Å². The molecule has 0 aromatic rings. The molecule has 2 atom stereocenters. The van der Waals surface area contributed by atoms with Gasteiger partial charge in [-0.25, -0.2) is 0 Å². The molecule has 456 valence electrons. The first-order chi connectivity index (χ1) is 38.0. The highest BCUT2D eigenvalue weighted by Crippen LogP contribution is 2.19. The molecule has 6 heteroatoms. The SMILES string of the molecule is CCCCC/C=C\C/C=C\CCCCCCCC(=O)OCCCCCCCCCCCCCCCCCCCCCCCCCCCCCCCCCC(=O)N[C@@H](CO)[C@H](O)CCCCCCCCCCCCCCCC. The van der Waals surface area contributed by atoms with Gasteiger partial charge in [0, 0.05) is 12.8 Å². The number of esters is 1. The lowest BCUT2D eigenvalue weighted by molar-refractivity contribution is -0.143. The van der Waals surface area contributed by atoms with Crippen LogP contribution in [0.3, 0.4) is 0 Å². The smallest absolute Gasteiger partial charge is 0.305 e. The summed E-state index contributed by atoms with van der Waals surface area (Å²) in [6.07, 6.45) is 83.7. The molecule has 0 fully saturated rings. The molecule has 6 nitrogen and oxygen atoms in total. The van der Waals surface area contributed by atoms with Crippen LogP contribution in [0.2, 0.25) is 0 Å². The summed E-state index contributed by atoms with van der Waals surface area (Å²) in [5.41, 5.74) is 0. The van der Waals surface area contributed by atoms with E-state index >= 15 is 0 Å². The predicted octanol–water partition coefficient (Wildman–Crippen LogP) is 22.5. The van der Waals surface area contributed by atoms with Crippen LogP contribution in [-0.4, -0.2) is 47.4 Å². The molecule has 0 aromatic heterocycles. The molecule has 77 heavy (non-hydrogen) atoms. The number of aliphatic hydroxyl groups is 2. The molecule has 3 N–H and O–H groups in total. The van der Waals surface area contributed by atoms with Crippen molar-refractivity contribution in [1.29, 1.82) is 0 Å². The number of rotatable bonds is 66. The van der Waals surface area contributed by atoms with Crippen molar-refractivity contribution in [3.8, 4) is 0 Å². The highest BCUT2D eigenvalue weighted by atomic mass is 16.5. The second kappa shape index (κ2) is 66.8. The van der Waals surface area contributed by atoms with Gasteiger partial charge in [0.2, 0.25) is 5.91 Å². The van der Waals surface area contributed by atoms with Gasteiger partial charge in [0.1, 0.15) is 0 Å². The van der Waals surface area contributed by atoms with Gasteiger partial charge < -0.3 is 20.3 Å². The van der Waals surface area contributed by atoms with Crippen molar-refractivity contribution in [2.24, 2.45) is 0 Å². The predicted molar refractivity (Wildman–Crippen MR) is 338 cm³/mol. The zero-order chi connectivity index (χ0) is 55.7. The van der Waals surface area contributed by atoms with Crippen LogP contribution in [0.5, 0.6) is 0 Å². The Balaban J connectivity index is 3.32. The Labute approximate surface area is 481 Å². The van der Waals surface area contributed by atoms with Crippen LogP contribution in [0.4, 0.5) is 0 Å². The van der Waals surface area contributed by atoms with E-state index in [1.165, 1.54) is 308 Å². The Bertz CT molecular complexity index is 1200. The molecule has 0 unspecified atom stereocenters. The van der Waals surface area contributed by atoms with Gasteiger partial charge in [-0.15, -0.1) is 0 Å². The second-order valence-corrected chi connectivity index (χ2v) is 24.2. The number of carbonyl (C=O) groups is 2. The zero-order valence-corrected chi connectivity index (χ0v) is 52.2. The quantitative estimate of drug-likeness (QED) is 0.0320.